The molecule has 0 atom stereocenters. The molecule has 150 valence electrons. The van der Waals surface area contributed by atoms with Crippen molar-refractivity contribution >= 4 is 33.0 Å². The van der Waals surface area contributed by atoms with Gasteiger partial charge in [0, 0.05) is 16.8 Å². The topological polar surface area (TPSA) is 98.1 Å². The minimum absolute atomic E-state index is 0.0145. The standard InChI is InChI=1S/C20H18ClN3O4S/c1-13-3-8-17(14(2)11-13)22-18(25)12-24-20(26)10-9-19(23-24)29(27,28)16-6-4-15(21)5-7-16/h3-11H,12H2,1-2H3,(H,22,25). The van der Waals surface area contributed by atoms with Gasteiger partial charge >= 0.3 is 0 Å². The third-order valence-corrected chi connectivity index (χ3v) is 6.10. The smallest absolute Gasteiger partial charge is 0.267 e. The van der Waals surface area contributed by atoms with Gasteiger partial charge in [0.15, 0.2) is 5.03 Å². The van der Waals surface area contributed by atoms with Crippen molar-refractivity contribution in [2.24, 2.45) is 0 Å². The van der Waals surface area contributed by atoms with Crippen molar-refractivity contribution in [1.29, 1.82) is 0 Å². The van der Waals surface area contributed by atoms with Crippen LogP contribution in [-0.4, -0.2) is 24.1 Å². The van der Waals surface area contributed by atoms with E-state index in [1.54, 1.807) is 6.07 Å². The summed E-state index contributed by atoms with van der Waals surface area (Å²) in [4.78, 5) is 24.4. The fraction of sp³-hybridized carbons (Fsp3) is 0.150. The Morgan fingerprint density at radius 2 is 1.76 bits per heavy atom. The SMILES string of the molecule is Cc1ccc(NC(=O)Cn2nc(S(=O)(=O)c3ccc(Cl)cc3)ccc2=O)c(C)c1. The van der Waals surface area contributed by atoms with Crippen molar-refractivity contribution < 1.29 is 13.2 Å². The molecule has 0 aliphatic rings. The second-order valence-corrected chi connectivity index (χ2v) is 8.82. The number of nitrogens with one attached hydrogen (secondary N) is 1. The first kappa shape index (κ1) is 20.8. The van der Waals surface area contributed by atoms with Crippen LogP contribution in [0.15, 0.2) is 69.3 Å². The molecule has 1 N–H and O–H groups in total. The first-order chi connectivity index (χ1) is 13.7. The molecule has 0 aliphatic carbocycles. The van der Waals surface area contributed by atoms with E-state index in [4.69, 9.17) is 11.6 Å². The lowest BCUT2D eigenvalue weighted by atomic mass is 10.1. The first-order valence-corrected chi connectivity index (χ1v) is 10.5. The molecule has 0 unspecified atom stereocenters. The number of aryl methyl sites for hydroxylation is 2. The van der Waals surface area contributed by atoms with Crippen LogP contribution in [0, 0.1) is 13.8 Å². The number of sulfone groups is 1. The van der Waals surface area contributed by atoms with E-state index in [1.807, 2.05) is 26.0 Å². The molecule has 1 heterocycles. The summed E-state index contributed by atoms with van der Waals surface area (Å²) in [6.45, 7) is 3.37. The summed E-state index contributed by atoms with van der Waals surface area (Å²) in [6, 6.07) is 13.3. The van der Waals surface area contributed by atoms with E-state index in [9.17, 15) is 18.0 Å². The number of hydrogen-bond acceptors (Lipinski definition) is 5. The van der Waals surface area contributed by atoms with Gasteiger partial charge in [0.1, 0.15) is 6.54 Å². The fourth-order valence-corrected chi connectivity index (χ4v) is 4.02. The Kier molecular flexibility index (Phi) is 5.86. The summed E-state index contributed by atoms with van der Waals surface area (Å²) < 4.78 is 26.3. The molecule has 3 rings (SSSR count). The van der Waals surface area contributed by atoms with Crippen molar-refractivity contribution in [3.63, 3.8) is 0 Å². The summed E-state index contributed by atoms with van der Waals surface area (Å²) >= 11 is 5.80. The van der Waals surface area contributed by atoms with Crippen LogP contribution in [-0.2, 0) is 21.2 Å². The highest BCUT2D eigenvalue weighted by atomic mass is 35.5. The van der Waals surface area contributed by atoms with Crippen LogP contribution in [0.1, 0.15) is 11.1 Å². The van der Waals surface area contributed by atoms with Gasteiger partial charge in [-0.2, -0.15) is 5.10 Å². The van der Waals surface area contributed by atoms with E-state index in [0.717, 1.165) is 27.9 Å². The zero-order valence-electron chi connectivity index (χ0n) is 15.7. The van der Waals surface area contributed by atoms with Gasteiger partial charge < -0.3 is 5.32 Å². The predicted molar refractivity (Wildman–Crippen MR) is 110 cm³/mol. The second-order valence-electron chi connectivity index (χ2n) is 6.49. The largest absolute Gasteiger partial charge is 0.324 e. The molecule has 0 radical (unpaired) electrons. The maximum atomic E-state index is 12.7. The van der Waals surface area contributed by atoms with Crippen LogP contribution in [0.3, 0.4) is 0 Å². The number of amides is 1. The molecule has 3 aromatic rings. The van der Waals surface area contributed by atoms with Gasteiger partial charge in [0.25, 0.3) is 5.56 Å². The number of carbonyl (C=O) groups is 1. The van der Waals surface area contributed by atoms with Crippen LogP contribution in [0.25, 0.3) is 0 Å². The van der Waals surface area contributed by atoms with Gasteiger partial charge in [-0.25, -0.2) is 13.1 Å². The molecule has 0 saturated carbocycles. The molecule has 1 amide bonds. The molecule has 1 aromatic heterocycles. The Hall–Kier alpha value is -2.97. The lowest BCUT2D eigenvalue weighted by molar-refractivity contribution is -0.117. The fourth-order valence-electron chi connectivity index (χ4n) is 2.70. The van der Waals surface area contributed by atoms with Gasteiger partial charge in [-0.05, 0) is 55.8 Å². The van der Waals surface area contributed by atoms with E-state index in [-0.39, 0.29) is 9.92 Å². The van der Waals surface area contributed by atoms with Crippen LogP contribution in [0.2, 0.25) is 5.02 Å². The number of halogens is 1. The minimum Gasteiger partial charge on any atom is -0.324 e. The molecular formula is C20H18ClN3O4S. The zero-order chi connectivity index (χ0) is 21.2. The third kappa shape index (κ3) is 4.72. The quantitative estimate of drug-likeness (QED) is 0.669. The van der Waals surface area contributed by atoms with Gasteiger partial charge in [-0.3, -0.25) is 9.59 Å². The molecule has 9 heteroatoms. The van der Waals surface area contributed by atoms with Gasteiger partial charge in [-0.1, -0.05) is 29.3 Å². The molecule has 29 heavy (non-hydrogen) atoms. The first-order valence-electron chi connectivity index (χ1n) is 8.63. The Morgan fingerprint density at radius 1 is 1.07 bits per heavy atom. The number of benzene rings is 2. The molecule has 0 bridgehead atoms. The molecule has 0 saturated heterocycles. The average molecular weight is 432 g/mol. The molecule has 0 aliphatic heterocycles. The molecule has 0 spiro atoms. The summed E-state index contributed by atoms with van der Waals surface area (Å²) in [5, 5.41) is 6.65. The van der Waals surface area contributed by atoms with Crippen molar-refractivity contribution in [2.45, 2.75) is 30.3 Å². The maximum Gasteiger partial charge on any atom is 0.267 e. The number of carbonyl (C=O) groups excluding carboxylic acids is 1. The summed E-state index contributed by atoms with van der Waals surface area (Å²) in [7, 11) is -3.96. The van der Waals surface area contributed by atoms with Crippen LogP contribution in [0.4, 0.5) is 5.69 Å². The van der Waals surface area contributed by atoms with Gasteiger partial charge in [-0.15, -0.1) is 0 Å². The number of nitrogens with zero attached hydrogens (tertiary/aromatic N) is 2. The molecule has 0 fully saturated rings. The Labute approximate surface area is 172 Å². The third-order valence-electron chi connectivity index (χ3n) is 4.19. The predicted octanol–water partition coefficient (Wildman–Crippen LogP) is 2.99. The highest BCUT2D eigenvalue weighted by Crippen LogP contribution is 2.20. The highest BCUT2D eigenvalue weighted by Gasteiger charge is 2.21. The van der Waals surface area contributed by atoms with Crippen molar-refractivity contribution in [3.8, 4) is 0 Å². The zero-order valence-corrected chi connectivity index (χ0v) is 17.3. The van der Waals surface area contributed by atoms with E-state index in [1.165, 1.54) is 24.3 Å². The second kappa shape index (κ2) is 8.18. The summed E-state index contributed by atoms with van der Waals surface area (Å²) in [5.74, 6) is -0.493. The van der Waals surface area contributed by atoms with E-state index in [0.29, 0.717) is 10.7 Å². The molecule has 2 aromatic carbocycles. The van der Waals surface area contributed by atoms with Crippen molar-refractivity contribution in [3.05, 3.63) is 81.1 Å². The molecule has 7 nitrogen and oxygen atoms in total. The Bertz CT molecular complexity index is 1240. The van der Waals surface area contributed by atoms with Crippen molar-refractivity contribution in [2.75, 3.05) is 5.32 Å². The van der Waals surface area contributed by atoms with Crippen LogP contribution < -0.4 is 10.9 Å². The Balaban J connectivity index is 1.86. The molecular weight excluding hydrogens is 414 g/mol. The lowest BCUT2D eigenvalue weighted by Crippen LogP contribution is -2.30. The van der Waals surface area contributed by atoms with E-state index < -0.39 is 27.8 Å². The average Bonchev–Trinajstić information content (AvgIpc) is 2.66. The number of rotatable bonds is 5. The number of anilines is 1. The summed E-state index contributed by atoms with van der Waals surface area (Å²) in [5.41, 5.74) is 1.95. The van der Waals surface area contributed by atoms with Gasteiger partial charge in [0.2, 0.25) is 15.7 Å². The van der Waals surface area contributed by atoms with Crippen LogP contribution >= 0.6 is 11.6 Å². The highest BCUT2D eigenvalue weighted by molar-refractivity contribution is 7.91. The van der Waals surface area contributed by atoms with Crippen LogP contribution in [0.5, 0.6) is 0 Å². The maximum absolute atomic E-state index is 12.7. The monoisotopic (exact) mass is 431 g/mol. The normalized spacial score (nSPS) is 11.3. The van der Waals surface area contributed by atoms with E-state index >= 15 is 0 Å². The van der Waals surface area contributed by atoms with Crippen molar-refractivity contribution in [1.82, 2.24) is 9.78 Å². The number of hydrogen-bond donors (Lipinski definition) is 1. The lowest BCUT2D eigenvalue weighted by Gasteiger charge is -2.11. The van der Waals surface area contributed by atoms with Gasteiger partial charge in [0.05, 0.1) is 4.90 Å². The number of aromatic nitrogens is 2. The van der Waals surface area contributed by atoms with E-state index in [2.05, 4.69) is 10.4 Å². The minimum atomic E-state index is -3.96. The summed E-state index contributed by atoms with van der Waals surface area (Å²) in [6.07, 6.45) is 0. The Morgan fingerprint density at radius 3 is 2.41 bits per heavy atom.